The molecule has 2 aromatic heterocycles. The topological polar surface area (TPSA) is 43.6 Å². The summed E-state index contributed by atoms with van der Waals surface area (Å²) in [5.41, 5.74) is 15.8. The molecule has 0 bridgehead atoms. The van der Waals surface area contributed by atoms with Crippen LogP contribution in [0.2, 0.25) is 0 Å². The molecular formula is C56H34N4. The molecule has 0 atom stereocenters. The van der Waals surface area contributed by atoms with E-state index in [-0.39, 0.29) is 0 Å². The van der Waals surface area contributed by atoms with E-state index in [1.54, 1.807) is 0 Å². The normalized spacial score (nSPS) is 13.1. The number of fused-ring (bicyclic) bond motifs is 7. The van der Waals surface area contributed by atoms with E-state index in [9.17, 15) is 0 Å². The molecule has 13 rings (SSSR count). The van der Waals surface area contributed by atoms with Crippen LogP contribution in [0.4, 0.5) is 0 Å². The molecule has 0 amide bonds. The summed E-state index contributed by atoms with van der Waals surface area (Å²) in [6.07, 6.45) is 0. The third kappa shape index (κ3) is 4.42. The minimum atomic E-state index is -0.618. The Morgan fingerprint density at radius 3 is 1.55 bits per heavy atom. The van der Waals surface area contributed by atoms with Gasteiger partial charge in [-0.25, -0.2) is 4.98 Å². The van der Waals surface area contributed by atoms with Gasteiger partial charge in [-0.3, -0.25) is 4.57 Å². The van der Waals surface area contributed by atoms with Gasteiger partial charge in [-0.2, -0.15) is 9.97 Å². The highest BCUT2D eigenvalue weighted by molar-refractivity contribution is 6.32. The Labute approximate surface area is 346 Å². The van der Waals surface area contributed by atoms with E-state index in [0.29, 0.717) is 17.6 Å². The van der Waals surface area contributed by atoms with Crippen molar-refractivity contribution in [1.82, 2.24) is 19.5 Å². The summed E-state index contributed by atoms with van der Waals surface area (Å²) in [4.78, 5) is 15.9. The van der Waals surface area contributed by atoms with E-state index < -0.39 is 5.41 Å². The Bertz CT molecular complexity index is 3420. The molecule has 60 heavy (non-hydrogen) atoms. The lowest BCUT2D eigenvalue weighted by Crippen LogP contribution is -2.28. The summed E-state index contributed by atoms with van der Waals surface area (Å²) >= 11 is 0. The highest BCUT2D eigenvalue weighted by Gasteiger charge is 2.48. The van der Waals surface area contributed by atoms with Crippen LogP contribution < -0.4 is 0 Å². The number of aromatic nitrogens is 4. The second kappa shape index (κ2) is 12.5. The molecule has 278 valence electrons. The molecule has 0 unspecified atom stereocenters. The Morgan fingerprint density at radius 2 is 0.900 bits per heavy atom. The van der Waals surface area contributed by atoms with Crippen LogP contribution in [0.25, 0.3) is 94.7 Å². The maximum Gasteiger partial charge on any atom is 0.238 e. The third-order valence-electron chi connectivity index (χ3n) is 12.9. The number of hydrogen-bond donors (Lipinski definition) is 0. The molecule has 2 heterocycles. The van der Waals surface area contributed by atoms with Gasteiger partial charge in [0.2, 0.25) is 5.95 Å². The van der Waals surface area contributed by atoms with Crippen molar-refractivity contribution in [2.45, 2.75) is 5.41 Å². The zero-order chi connectivity index (χ0) is 39.4. The predicted octanol–water partition coefficient (Wildman–Crippen LogP) is 13.5. The van der Waals surface area contributed by atoms with Gasteiger partial charge < -0.3 is 0 Å². The summed E-state index contributed by atoms with van der Waals surface area (Å²) < 4.78 is 2.32. The molecule has 0 saturated carbocycles. The first-order valence-electron chi connectivity index (χ1n) is 20.5. The highest BCUT2D eigenvalue weighted by atomic mass is 15.2. The molecule has 4 heteroatoms. The SMILES string of the molecule is c1ccc(-c2nc(-c3ccccc3)nc(-n3c4cc5c(c6c4c4c7c(cccc7ccc43)-c3ccccc3-6)-c3ccccc3C5(c3ccccc3)c3ccccc3)n2)cc1. The van der Waals surface area contributed by atoms with Crippen LogP contribution in [0.3, 0.4) is 0 Å². The van der Waals surface area contributed by atoms with E-state index in [2.05, 4.69) is 174 Å². The van der Waals surface area contributed by atoms with Crippen molar-refractivity contribution in [3.63, 3.8) is 0 Å². The van der Waals surface area contributed by atoms with Crippen LogP contribution >= 0.6 is 0 Å². The van der Waals surface area contributed by atoms with Gasteiger partial charge in [-0.15, -0.1) is 0 Å². The maximum absolute atomic E-state index is 5.39. The van der Waals surface area contributed by atoms with E-state index in [1.165, 1.54) is 77.2 Å². The molecule has 2 aliphatic carbocycles. The van der Waals surface area contributed by atoms with Crippen molar-refractivity contribution in [3.05, 3.63) is 229 Å². The van der Waals surface area contributed by atoms with Crippen LogP contribution in [0.1, 0.15) is 22.3 Å². The van der Waals surface area contributed by atoms with Gasteiger partial charge in [0.25, 0.3) is 0 Å². The number of benzene rings is 9. The van der Waals surface area contributed by atoms with Gasteiger partial charge in [0.15, 0.2) is 11.6 Å². The molecule has 11 aromatic rings. The highest BCUT2D eigenvalue weighted by Crippen LogP contribution is 2.62. The first-order chi connectivity index (χ1) is 29.8. The fourth-order valence-electron chi connectivity index (χ4n) is 10.5. The largest absolute Gasteiger partial charge is 0.278 e. The standard InChI is InChI=1S/C56H34N4/c1-5-18-36(19-6-1)53-57-54(37-20-7-2-8-21-37)59-55(58-53)60-46-33-32-35-22-17-30-41-40-27-13-14-28-42(40)50-49-43-29-15-16-31-44(43)56(38-23-9-3-10-24-38,39-25-11-4-12-26-39)45(49)34-47(60)52(50)51(46)48(35)41/h1-34H. The smallest absolute Gasteiger partial charge is 0.238 e. The fraction of sp³-hybridized carbons (Fsp3) is 0.0179. The Hall–Kier alpha value is -7.95. The van der Waals surface area contributed by atoms with E-state index in [1.807, 2.05) is 36.4 Å². The lowest BCUT2D eigenvalue weighted by Gasteiger charge is -2.34. The molecular weight excluding hydrogens is 729 g/mol. The Morgan fingerprint density at radius 1 is 0.350 bits per heavy atom. The van der Waals surface area contributed by atoms with Gasteiger partial charge in [-0.1, -0.05) is 194 Å². The first-order valence-corrected chi connectivity index (χ1v) is 20.5. The van der Waals surface area contributed by atoms with Crippen molar-refractivity contribution in [2.24, 2.45) is 0 Å². The van der Waals surface area contributed by atoms with Gasteiger partial charge in [0, 0.05) is 27.5 Å². The van der Waals surface area contributed by atoms with Crippen molar-refractivity contribution in [3.8, 4) is 62.1 Å². The van der Waals surface area contributed by atoms with E-state index >= 15 is 0 Å². The molecule has 0 radical (unpaired) electrons. The minimum Gasteiger partial charge on any atom is -0.278 e. The zero-order valence-corrected chi connectivity index (χ0v) is 32.4. The van der Waals surface area contributed by atoms with Crippen molar-refractivity contribution < 1.29 is 0 Å². The number of hydrogen-bond acceptors (Lipinski definition) is 3. The fourth-order valence-corrected chi connectivity index (χ4v) is 10.5. The molecule has 0 aliphatic heterocycles. The molecule has 0 saturated heterocycles. The summed E-state index contributed by atoms with van der Waals surface area (Å²) in [6, 6.07) is 74.5. The van der Waals surface area contributed by atoms with E-state index in [0.717, 1.165) is 22.2 Å². The molecule has 4 nitrogen and oxygen atoms in total. The molecule has 0 fully saturated rings. The summed E-state index contributed by atoms with van der Waals surface area (Å²) in [5, 5.41) is 4.87. The summed E-state index contributed by atoms with van der Waals surface area (Å²) in [7, 11) is 0. The molecule has 9 aromatic carbocycles. The lowest BCUT2D eigenvalue weighted by atomic mass is 9.67. The first kappa shape index (κ1) is 33.1. The van der Waals surface area contributed by atoms with E-state index in [4.69, 9.17) is 15.0 Å². The monoisotopic (exact) mass is 762 g/mol. The molecule has 2 aliphatic rings. The van der Waals surface area contributed by atoms with Crippen molar-refractivity contribution >= 4 is 32.6 Å². The van der Waals surface area contributed by atoms with Gasteiger partial charge in [0.1, 0.15) is 0 Å². The third-order valence-corrected chi connectivity index (χ3v) is 12.9. The van der Waals surface area contributed by atoms with Crippen molar-refractivity contribution in [1.29, 1.82) is 0 Å². The number of nitrogens with zero attached hydrogens (tertiary/aromatic N) is 4. The quantitative estimate of drug-likeness (QED) is 0.175. The molecule has 0 N–H and O–H groups in total. The van der Waals surface area contributed by atoms with Crippen LogP contribution in [0, 0.1) is 0 Å². The zero-order valence-electron chi connectivity index (χ0n) is 32.4. The van der Waals surface area contributed by atoms with Gasteiger partial charge >= 0.3 is 0 Å². The summed E-state index contributed by atoms with van der Waals surface area (Å²) in [6.45, 7) is 0. The Balaban J connectivity index is 1.28. The molecule has 0 spiro atoms. The second-order valence-corrected chi connectivity index (χ2v) is 15.9. The summed E-state index contributed by atoms with van der Waals surface area (Å²) in [5.74, 6) is 1.84. The Kier molecular flexibility index (Phi) is 6.90. The maximum atomic E-state index is 5.39. The second-order valence-electron chi connectivity index (χ2n) is 15.9. The van der Waals surface area contributed by atoms with Crippen LogP contribution in [0.15, 0.2) is 206 Å². The average molecular weight is 763 g/mol. The van der Waals surface area contributed by atoms with Crippen LogP contribution in [-0.2, 0) is 5.41 Å². The number of rotatable bonds is 5. The van der Waals surface area contributed by atoms with Crippen molar-refractivity contribution in [2.75, 3.05) is 0 Å². The van der Waals surface area contributed by atoms with Gasteiger partial charge in [-0.05, 0) is 73.0 Å². The lowest BCUT2D eigenvalue weighted by molar-refractivity contribution is 0.769. The minimum absolute atomic E-state index is 0.583. The van der Waals surface area contributed by atoms with Gasteiger partial charge in [0.05, 0.1) is 16.4 Å². The predicted molar refractivity (Wildman–Crippen MR) is 244 cm³/mol. The van der Waals surface area contributed by atoms with Crippen LogP contribution in [0.5, 0.6) is 0 Å². The van der Waals surface area contributed by atoms with Crippen LogP contribution in [-0.4, -0.2) is 19.5 Å². The average Bonchev–Trinajstić information content (AvgIpc) is 3.77.